The van der Waals surface area contributed by atoms with Gasteiger partial charge in [-0.25, -0.2) is 0 Å². The summed E-state index contributed by atoms with van der Waals surface area (Å²) >= 11 is 0. The summed E-state index contributed by atoms with van der Waals surface area (Å²) in [4.78, 5) is 12.3. The third-order valence-electron chi connectivity index (χ3n) is 3.54. The van der Waals surface area contributed by atoms with Crippen molar-refractivity contribution in [3.63, 3.8) is 0 Å². The Morgan fingerprint density at radius 1 is 1.19 bits per heavy atom. The second kappa shape index (κ2) is 6.59. The number of nitrogens with two attached hydrogens (primary N) is 1. The molecule has 0 aliphatic rings. The molecule has 0 radical (unpaired) electrons. The second-order valence-corrected chi connectivity index (χ2v) is 5.10. The Morgan fingerprint density at radius 2 is 1.81 bits per heavy atom. The number of benzene rings is 1. The maximum Gasteiger partial charge on any atom is 0.291 e. The van der Waals surface area contributed by atoms with Gasteiger partial charge in [-0.15, -0.1) is 0 Å². The highest BCUT2D eigenvalue weighted by Crippen LogP contribution is 2.24. The van der Waals surface area contributed by atoms with Crippen LogP contribution in [-0.4, -0.2) is 5.91 Å². The fourth-order valence-corrected chi connectivity index (χ4v) is 2.30. The molecule has 2 rings (SSSR count). The van der Waals surface area contributed by atoms with Gasteiger partial charge in [0.1, 0.15) is 5.76 Å². The Labute approximate surface area is 125 Å². The highest BCUT2D eigenvalue weighted by atomic mass is 16.4. The lowest BCUT2D eigenvalue weighted by atomic mass is 10.0. The van der Waals surface area contributed by atoms with Crippen molar-refractivity contribution in [2.24, 2.45) is 5.73 Å². The number of anilines is 1. The lowest BCUT2D eigenvalue weighted by molar-refractivity contribution is 0.0994. The molecule has 0 saturated heterocycles. The van der Waals surface area contributed by atoms with Crippen LogP contribution in [0.4, 0.5) is 5.69 Å². The topological polar surface area (TPSA) is 68.3 Å². The molecule has 0 bridgehead atoms. The van der Waals surface area contributed by atoms with E-state index < -0.39 is 0 Å². The second-order valence-electron chi connectivity index (χ2n) is 5.10. The fraction of sp³-hybridized carbons (Fsp3) is 0.353. The predicted molar refractivity (Wildman–Crippen MR) is 84.5 cm³/mol. The van der Waals surface area contributed by atoms with E-state index in [4.69, 9.17) is 10.2 Å². The zero-order valence-electron chi connectivity index (χ0n) is 12.8. The lowest BCUT2D eigenvalue weighted by Crippen LogP contribution is -2.14. The largest absolute Gasteiger partial charge is 0.454 e. The van der Waals surface area contributed by atoms with E-state index in [9.17, 15) is 4.79 Å². The normalized spacial score (nSPS) is 12.2. The average Bonchev–Trinajstić information content (AvgIpc) is 2.97. The molecule has 0 aliphatic carbocycles. The third-order valence-corrected chi connectivity index (χ3v) is 3.54. The molecule has 1 aromatic heterocycles. The quantitative estimate of drug-likeness (QED) is 0.881. The van der Waals surface area contributed by atoms with Crippen LogP contribution in [0.3, 0.4) is 0 Å². The van der Waals surface area contributed by atoms with Crippen LogP contribution in [0, 0.1) is 0 Å². The first-order valence-corrected chi connectivity index (χ1v) is 7.34. The van der Waals surface area contributed by atoms with E-state index in [0.29, 0.717) is 5.76 Å². The number of carbonyl (C=O) groups is 1. The van der Waals surface area contributed by atoms with Gasteiger partial charge in [-0.2, -0.15) is 0 Å². The molecule has 4 heteroatoms. The van der Waals surface area contributed by atoms with E-state index in [1.807, 2.05) is 25.1 Å². The molecule has 2 aromatic rings. The maximum absolute atomic E-state index is 12.3. The van der Waals surface area contributed by atoms with E-state index in [2.05, 4.69) is 19.2 Å². The van der Waals surface area contributed by atoms with Crippen LogP contribution in [0.1, 0.15) is 54.3 Å². The number of amides is 1. The van der Waals surface area contributed by atoms with Crippen LogP contribution in [0.15, 0.2) is 34.7 Å². The summed E-state index contributed by atoms with van der Waals surface area (Å²) in [5, 5.41) is 2.98. The molecule has 0 spiro atoms. The van der Waals surface area contributed by atoms with Crippen molar-refractivity contribution >= 4 is 11.6 Å². The predicted octanol–water partition coefficient (Wildman–Crippen LogP) is 3.68. The summed E-state index contributed by atoms with van der Waals surface area (Å²) in [6.07, 6.45) is 1.74. The number of nitrogens with one attached hydrogen (secondary N) is 1. The Kier molecular flexibility index (Phi) is 4.81. The Balaban J connectivity index is 2.26. The molecule has 1 unspecified atom stereocenters. The fourth-order valence-electron chi connectivity index (χ4n) is 2.30. The Bertz CT molecular complexity index is 607. The van der Waals surface area contributed by atoms with Crippen LogP contribution in [0.25, 0.3) is 0 Å². The van der Waals surface area contributed by atoms with Crippen molar-refractivity contribution in [1.29, 1.82) is 0 Å². The van der Waals surface area contributed by atoms with Crippen molar-refractivity contribution in [2.45, 2.75) is 39.7 Å². The van der Waals surface area contributed by atoms with Crippen molar-refractivity contribution in [3.8, 4) is 0 Å². The van der Waals surface area contributed by atoms with Crippen molar-refractivity contribution in [2.75, 3.05) is 5.32 Å². The van der Waals surface area contributed by atoms with Crippen molar-refractivity contribution < 1.29 is 9.21 Å². The third kappa shape index (κ3) is 3.34. The van der Waals surface area contributed by atoms with E-state index in [1.54, 1.807) is 12.1 Å². The number of furan rings is 1. The molecule has 1 aromatic carbocycles. The first-order valence-electron chi connectivity index (χ1n) is 7.34. The number of para-hydroxylation sites is 1. The molecule has 0 fully saturated rings. The van der Waals surface area contributed by atoms with Gasteiger partial charge in [0.15, 0.2) is 5.76 Å². The zero-order chi connectivity index (χ0) is 15.4. The molecule has 0 aliphatic heterocycles. The molecule has 0 saturated carbocycles. The molecular weight excluding hydrogens is 264 g/mol. The van der Waals surface area contributed by atoms with Gasteiger partial charge in [-0.3, -0.25) is 4.79 Å². The van der Waals surface area contributed by atoms with Gasteiger partial charge in [-0.05, 0) is 43.0 Å². The summed E-state index contributed by atoms with van der Waals surface area (Å²) in [5.74, 6) is 0.660. The number of aryl methyl sites for hydroxylation is 2. The van der Waals surface area contributed by atoms with E-state index in [1.165, 1.54) is 0 Å². The number of hydrogen-bond donors (Lipinski definition) is 2. The van der Waals surface area contributed by atoms with Crippen LogP contribution in [0.2, 0.25) is 0 Å². The van der Waals surface area contributed by atoms with Crippen LogP contribution in [0.5, 0.6) is 0 Å². The van der Waals surface area contributed by atoms with E-state index >= 15 is 0 Å². The van der Waals surface area contributed by atoms with Gasteiger partial charge in [0.05, 0.1) is 6.04 Å². The highest BCUT2D eigenvalue weighted by molar-refractivity contribution is 6.03. The van der Waals surface area contributed by atoms with Crippen LogP contribution in [-0.2, 0) is 12.8 Å². The van der Waals surface area contributed by atoms with E-state index in [0.717, 1.165) is 29.7 Å². The van der Waals surface area contributed by atoms with Crippen LogP contribution < -0.4 is 11.1 Å². The molecule has 4 nitrogen and oxygen atoms in total. The smallest absolute Gasteiger partial charge is 0.291 e. The van der Waals surface area contributed by atoms with Gasteiger partial charge >= 0.3 is 0 Å². The van der Waals surface area contributed by atoms with Crippen molar-refractivity contribution in [1.82, 2.24) is 0 Å². The minimum absolute atomic E-state index is 0.222. The Hall–Kier alpha value is -2.07. The summed E-state index contributed by atoms with van der Waals surface area (Å²) in [6.45, 7) is 5.97. The van der Waals surface area contributed by atoms with Gasteiger partial charge in [0, 0.05) is 5.69 Å². The van der Waals surface area contributed by atoms with Gasteiger partial charge in [-0.1, -0.05) is 32.0 Å². The first-order chi connectivity index (χ1) is 10.1. The molecule has 1 amide bonds. The molecular formula is C17H22N2O2. The number of hydrogen-bond acceptors (Lipinski definition) is 3. The molecule has 3 N–H and O–H groups in total. The first kappa shape index (κ1) is 15.3. The van der Waals surface area contributed by atoms with Gasteiger partial charge < -0.3 is 15.5 Å². The summed E-state index contributed by atoms with van der Waals surface area (Å²) in [6, 6.07) is 9.27. The summed E-state index contributed by atoms with van der Waals surface area (Å²) < 4.78 is 5.49. The molecule has 21 heavy (non-hydrogen) atoms. The molecule has 1 atom stereocenters. The lowest BCUT2D eigenvalue weighted by Gasteiger charge is -2.13. The molecule has 1 heterocycles. The number of rotatable bonds is 5. The Morgan fingerprint density at radius 3 is 2.29 bits per heavy atom. The minimum atomic E-state index is -0.238. The van der Waals surface area contributed by atoms with Crippen LogP contribution >= 0.6 is 0 Å². The SMILES string of the molecule is CCc1cccc(CC)c1NC(=O)c1ccc(C(C)N)o1. The van der Waals surface area contributed by atoms with Gasteiger partial charge in [0.2, 0.25) is 0 Å². The minimum Gasteiger partial charge on any atom is -0.454 e. The zero-order valence-corrected chi connectivity index (χ0v) is 12.8. The maximum atomic E-state index is 12.3. The van der Waals surface area contributed by atoms with Crippen molar-refractivity contribution in [3.05, 3.63) is 53.0 Å². The van der Waals surface area contributed by atoms with E-state index in [-0.39, 0.29) is 17.7 Å². The molecule has 112 valence electrons. The average molecular weight is 286 g/mol. The summed E-state index contributed by atoms with van der Waals surface area (Å²) in [5.41, 5.74) is 8.89. The van der Waals surface area contributed by atoms with Gasteiger partial charge in [0.25, 0.3) is 5.91 Å². The highest BCUT2D eigenvalue weighted by Gasteiger charge is 2.16. The standard InChI is InChI=1S/C17H22N2O2/c1-4-12-7-6-8-13(5-2)16(12)19-17(20)15-10-9-14(21-15)11(3)18/h6-11H,4-5,18H2,1-3H3,(H,19,20). The monoisotopic (exact) mass is 286 g/mol. The number of carbonyl (C=O) groups excluding carboxylic acids is 1. The summed E-state index contributed by atoms with van der Waals surface area (Å²) in [7, 11) is 0.